The first-order valence-corrected chi connectivity index (χ1v) is 5.53. The molecule has 1 aliphatic rings. The highest BCUT2D eigenvalue weighted by molar-refractivity contribution is 5.73. The molecule has 1 rings (SSSR count). The molecule has 1 aliphatic carbocycles. The maximum Gasteiger partial charge on any atom is 0.333 e. The minimum absolute atomic E-state index is 0.229. The van der Waals surface area contributed by atoms with Gasteiger partial charge in [-0.1, -0.05) is 13.8 Å². The van der Waals surface area contributed by atoms with Crippen molar-refractivity contribution < 1.29 is 19.4 Å². The second kappa shape index (κ2) is 6.08. The number of hydrogen-bond acceptors (Lipinski definition) is 3. The molecule has 15 heavy (non-hydrogen) atoms. The molecule has 0 saturated heterocycles. The normalized spacial score (nSPS) is 18.1. The fourth-order valence-electron chi connectivity index (χ4n) is 1.36. The molecule has 0 heterocycles. The van der Waals surface area contributed by atoms with Crippen molar-refractivity contribution in [3.8, 4) is 0 Å². The lowest BCUT2D eigenvalue weighted by molar-refractivity contribution is -0.153. The molecule has 1 N–H and O–H groups in total. The molecule has 1 atom stereocenters. The molecule has 1 saturated carbocycles. The minimum atomic E-state index is -0.846. The van der Waals surface area contributed by atoms with Crippen LogP contribution < -0.4 is 0 Å². The first kappa shape index (κ1) is 12.5. The van der Waals surface area contributed by atoms with Gasteiger partial charge in [0.15, 0.2) is 6.10 Å². The molecule has 0 aromatic heterocycles. The van der Waals surface area contributed by atoms with Crippen LogP contribution in [0.15, 0.2) is 0 Å². The molecule has 4 heteroatoms. The highest BCUT2D eigenvalue weighted by Crippen LogP contribution is 2.34. The second-order valence-corrected chi connectivity index (χ2v) is 4.44. The molecule has 1 unspecified atom stereocenters. The summed E-state index contributed by atoms with van der Waals surface area (Å²) in [4.78, 5) is 10.8. The van der Waals surface area contributed by atoms with Gasteiger partial charge in [0.1, 0.15) is 0 Å². The minimum Gasteiger partial charge on any atom is -0.479 e. The van der Waals surface area contributed by atoms with Gasteiger partial charge in [-0.3, -0.25) is 0 Å². The van der Waals surface area contributed by atoms with Gasteiger partial charge in [0, 0.05) is 6.61 Å². The van der Waals surface area contributed by atoms with Crippen LogP contribution >= 0.6 is 0 Å². The molecule has 0 radical (unpaired) electrons. The third kappa shape index (κ3) is 5.14. The van der Waals surface area contributed by atoms with Gasteiger partial charge in [-0.15, -0.1) is 0 Å². The first-order valence-electron chi connectivity index (χ1n) is 5.53. The highest BCUT2D eigenvalue weighted by Gasteiger charge is 2.36. The van der Waals surface area contributed by atoms with E-state index in [0.29, 0.717) is 25.7 Å². The number of carboxylic acids is 1. The number of carboxylic acid groups (broad SMARTS) is 1. The number of hydrogen-bond donors (Lipinski definition) is 1. The Labute approximate surface area is 90.6 Å². The second-order valence-electron chi connectivity index (χ2n) is 4.44. The van der Waals surface area contributed by atoms with E-state index in [-0.39, 0.29) is 5.92 Å². The molecule has 0 bridgehead atoms. The van der Waals surface area contributed by atoms with Crippen LogP contribution in [0.4, 0.5) is 0 Å². The zero-order valence-corrected chi connectivity index (χ0v) is 9.44. The number of ether oxygens (including phenoxy) is 2. The summed E-state index contributed by atoms with van der Waals surface area (Å²) in [5, 5.41) is 8.86. The Morgan fingerprint density at radius 1 is 1.40 bits per heavy atom. The van der Waals surface area contributed by atoms with E-state index < -0.39 is 12.1 Å². The lowest BCUT2D eigenvalue weighted by Crippen LogP contribution is -2.27. The van der Waals surface area contributed by atoms with Gasteiger partial charge in [0.25, 0.3) is 0 Å². The smallest absolute Gasteiger partial charge is 0.333 e. The van der Waals surface area contributed by atoms with Crippen molar-refractivity contribution in [2.24, 2.45) is 11.8 Å². The van der Waals surface area contributed by atoms with Crippen molar-refractivity contribution in [3.05, 3.63) is 0 Å². The van der Waals surface area contributed by atoms with Crippen molar-refractivity contribution in [1.82, 2.24) is 0 Å². The lowest BCUT2D eigenvalue weighted by Gasteiger charge is -2.13. The molecule has 4 nitrogen and oxygen atoms in total. The summed E-state index contributed by atoms with van der Waals surface area (Å²) >= 11 is 0. The van der Waals surface area contributed by atoms with Crippen molar-refractivity contribution in [2.75, 3.05) is 19.8 Å². The predicted octanol–water partition coefficient (Wildman–Crippen LogP) is 1.54. The summed E-state index contributed by atoms with van der Waals surface area (Å²) in [6, 6.07) is 0. The van der Waals surface area contributed by atoms with E-state index in [1.54, 1.807) is 0 Å². The van der Waals surface area contributed by atoms with E-state index in [1.165, 1.54) is 0 Å². The summed E-state index contributed by atoms with van der Waals surface area (Å²) < 4.78 is 10.6. The quantitative estimate of drug-likeness (QED) is 0.625. The Balaban J connectivity index is 2.04. The average molecular weight is 216 g/mol. The largest absolute Gasteiger partial charge is 0.479 e. The topological polar surface area (TPSA) is 55.8 Å². The molecule has 0 aliphatic heterocycles. The Kier molecular flexibility index (Phi) is 5.05. The Hall–Kier alpha value is -0.610. The van der Waals surface area contributed by atoms with E-state index in [1.807, 2.05) is 0 Å². The Morgan fingerprint density at radius 2 is 2.07 bits per heavy atom. The van der Waals surface area contributed by atoms with Crippen molar-refractivity contribution in [1.29, 1.82) is 0 Å². The standard InChI is InChI=1S/C11H20O4/c1-8(2)7-14-5-6-15-10(11(12)13)9-3-4-9/h8-10H,3-7H2,1-2H3,(H,12,13). The number of aliphatic carboxylic acids is 1. The van der Waals surface area contributed by atoms with Gasteiger partial charge in [-0.25, -0.2) is 4.79 Å². The van der Waals surface area contributed by atoms with Crippen LogP contribution in [0.2, 0.25) is 0 Å². The zero-order chi connectivity index (χ0) is 11.3. The summed E-state index contributed by atoms with van der Waals surface area (Å²) in [6.45, 7) is 5.70. The van der Waals surface area contributed by atoms with Crippen LogP contribution in [0, 0.1) is 11.8 Å². The summed E-state index contributed by atoms with van der Waals surface area (Å²) in [5.74, 6) is -0.113. The van der Waals surface area contributed by atoms with Gasteiger partial charge in [0.2, 0.25) is 0 Å². The van der Waals surface area contributed by atoms with Crippen LogP contribution in [-0.2, 0) is 14.3 Å². The SMILES string of the molecule is CC(C)COCCOC(C(=O)O)C1CC1. The van der Waals surface area contributed by atoms with Crippen molar-refractivity contribution in [2.45, 2.75) is 32.8 Å². The molecular formula is C11H20O4. The van der Waals surface area contributed by atoms with Crippen molar-refractivity contribution in [3.63, 3.8) is 0 Å². The number of rotatable bonds is 8. The molecule has 0 amide bonds. The fourth-order valence-corrected chi connectivity index (χ4v) is 1.36. The van der Waals surface area contributed by atoms with E-state index in [9.17, 15) is 4.79 Å². The molecule has 1 fully saturated rings. The molecule has 88 valence electrons. The summed E-state index contributed by atoms with van der Waals surface area (Å²) in [6.07, 6.45) is 1.33. The molecule has 0 aromatic carbocycles. The van der Waals surface area contributed by atoms with Gasteiger partial charge in [0.05, 0.1) is 13.2 Å². The van der Waals surface area contributed by atoms with Gasteiger partial charge < -0.3 is 14.6 Å². The predicted molar refractivity (Wildman–Crippen MR) is 55.8 cm³/mol. The lowest BCUT2D eigenvalue weighted by atomic mass is 10.2. The van der Waals surface area contributed by atoms with Crippen LogP contribution in [0.3, 0.4) is 0 Å². The third-order valence-electron chi connectivity index (χ3n) is 2.27. The fraction of sp³-hybridized carbons (Fsp3) is 0.909. The van der Waals surface area contributed by atoms with E-state index >= 15 is 0 Å². The maximum absolute atomic E-state index is 10.8. The van der Waals surface area contributed by atoms with Crippen LogP contribution in [0.1, 0.15) is 26.7 Å². The van der Waals surface area contributed by atoms with E-state index in [4.69, 9.17) is 14.6 Å². The monoisotopic (exact) mass is 216 g/mol. The third-order valence-corrected chi connectivity index (χ3v) is 2.27. The average Bonchev–Trinajstić information content (AvgIpc) is 2.93. The van der Waals surface area contributed by atoms with Gasteiger partial charge in [-0.05, 0) is 24.7 Å². The van der Waals surface area contributed by atoms with Crippen LogP contribution in [0.25, 0.3) is 0 Å². The maximum atomic E-state index is 10.8. The van der Waals surface area contributed by atoms with E-state index in [0.717, 1.165) is 12.8 Å². The van der Waals surface area contributed by atoms with Crippen LogP contribution in [0.5, 0.6) is 0 Å². The first-order chi connectivity index (χ1) is 7.11. The Bertz CT molecular complexity index is 199. The molecule has 0 aromatic rings. The molecular weight excluding hydrogens is 196 g/mol. The highest BCUT2D eigenvalue weighted by atomic mass is 16.5. The zero-order valence-electron chi connectivity index (χ0n) is 9.44. The molecule has 0 spiro atoms. The van der Waals surface area contributed by atoms with Crippen LogP contribution in [-0.4, -0.2) is 37.0 Å². The number of carbonyl (C=O) groups is 1. The summed E-state index contributed by atoms with van der Waals surface area (Å²) in [7, 11) is 0. The van der Waals surface area contributed by atoms with Crippen molar-refractivity contribution >= 4 is 5.97 Å². The Morgan fingerprint density at radius 3 is 2.53 bits per heavy atom. The van der Waals surface area contributed by atoms with Gasteiger partial charge >= 0.3 is 5.97 Å². The summed E-state index contributed by atoms with van der Waals surface area (Å²) in [5.41, 5.74) is 0. The van der Waals surface area contributed by atoms with Gasteiger partial charge in [-0.2, -0.15) is 0 Å². The van der Waals surface area contributed by atoms with E-state index in [2.05, 4.69) is 13.8 Å².